The van der Waals surface area contributed by atoms with E-state index in [9.17, 15) is 13.6 Å². The van der Waals surface area contributed by atoms with Gasteiger partial charge in [0.25, 0.3) is 12.3 Å². The summed E-state index contributed by atoms with van der Waals surface area (Å²) in [4.78, 5) is 19.1. The van der Waals surface area contributed by atoms with Gasteiger partial charge in [0.1, 0.15) is 12.4 Å². The minimum Gasteiger partial charge on any atom is -0.491 e. The average Bonchev–Trinajstić information content (AvgIpc) is 2.88. The number of hydrogen-bond donors (Lipinski definition) is 0. The molecule has 0 saturated heterocycles. The lowest BCUT2D eigenvalue weighted by Gasteiger charge is -2.19. The first-order valence-electron chi connectivity index (χ1n) is 8.96. The van der Waals surface area contributed by atoms with Gasteiger partial charge in [0.05, 0.1) is 24.3 Å². The lowest BCUT2D eigenvalue weighted by atomic mass is 10.0. The summed E-state index contributed by atoms with van der Waals surface area (Å²) in [6.07, 6.45) is -0.806. The molecule has 2 aromatic carbocycles. The van der Waals surface area contributed by atoms with Crippen molar-refractivity contribution < 1.29 is 18.3 Å². The molecule has 0 aliphatic carbocycles. The van der Waals surface area contributed by atoms with E-state index >= 15 is 0 Å². The summed E-state index contributed by atoms with van der Waals surface area (Å²) < 4.78 is 31.3. The van der Waals surface area contributed by atoms with E-state index in [0.717, 1.165) is 16.8 Å². The van der Waals surface area contributed by atoms with Crippen LogP contribution in [0.15, 0.2) is 66.9 Å². The van der Waals surface area contributed by atoms with Gasteiger partial charge in [-0.1, -0.05) is 36.4 Å². The van der Waals surface area contributed by atoms with E-state index in [2.05, 4.69) is 4.98 Å². The number of alkyl halides is 2. The maximum Gasteiger partial charge on any atom is 0.263 e. The van der Waals surface area contributed by atoms with Crippen LogP contribution >= 0.6 is 0 Å². The van der Waals surface area contributed by atoms with E-state index in [1.165, 1.54) is 12.1 Å². The Hall–Kier alpha value is -3.28. The topological polar surface area (TPSA) is 42.4 Å². The van der Waals surface area contributed by atoms with Gasteiger partial charge in [-0.2, -0.15) is 0 Å². The molecule has 0 saturated carbocycles. The molecule has 142 valence electrons. The molecule has 3 aromatic rings. The molecule has 1 amide bonds. The molecule has 6 heteroatoms. The molecular formula is C22H18F2N2O2. The molecule has 0 unspecified atom stereocenters. The third-order valence-electron chi connectivity index (χ3n) is 4.69. The Morgan fingerprint density at radius 1 is 1.04 bits per heavy atom. The van der Waals surface area contributed by atoms with Crippen LogP contribution in [0, 0.1) is 0 Å². The molecule has 0 bridgehead atoms. The number of amides is 1. The fraction of sp³-hybridized carbons (Fsp3) is 0.182. The predicted molar refractivity (Wildman–Crippen MR) is 101 cm³/mol. The van der Waals surface area contributed by atoms with E-state index in [0.29, 0.717) is 31.0 Å². The molecule has 0 atom stereocenters. The fourth-order valence-corrected chi connectivity index (χ4v) is 3.20. The van der Waals surface area contributed by atoms with E-state index in [-0.39, 0.29) is 11.5 Å². The van der Waals surface area contributed by atoms with Gasteiger partial charge < -0.3 is 9.64 Å². The Bertz CT molecular complexity index is 976. The van der Waals surface area contributed by atoms with E-state index in [1.807, 2.05) is 24.3 Å². The number of fused-ring (bicyclic) bond motifs is 1. The van der Waals surface area contributed by atoms with Gasteiger partial charge in [0.2, 0.25) is 0 Å². The van der Waals surface area contributed by atoms with Gasteiger partial charge in [-0.25, -0.2) is 8.78 Å². The normalized spacial score (nSPS) is 13.8. The molecule has 1 aromatic heterocycles. The van der Waals surface area contributed by atoms with E-state index in [4.69, 9.17) is 4.74 Å². The summed E-state index contributed by atoms with van der Waals surface area (Å²) in [6.45, 7) is 1.26. The van der Waals surface area contributed by atoms with Crippen molar-refractivity contribution in [3.05, 3.63) is 83.7 Å². The molecule has 0 radical (unpaired) electrons. The van der Waals surface area contributed by atoms with Crippen molar-refractivity contribution in [2.45, 2.75) is 13.0 Å². The second-order valence-corrected chi connectivity index (χ2v) is 6.53. The molecule has 2 heterocycles. The van der Waals surface area contributed by atoms with Crippen molar-refractivity contribution in [2.75, 3.05) is 13.2 Å². The second kappa shape index (κ2) is 7.76. The number of hydrogen-bond acceptors (Lipinski definition) is 3. The first-order chi connectivity index (χ1) is 13.6. The summed E-state index contributed by atoms with van der Waals surface area (Å²) >= 11 is 0. The Balaban J connectivity index is 1.63. The Labute approximate surface area is 161 Å². The molecule has 4 nitrogen and oxygen atoms in total. The maximum atomic E-state index is 13.1. The minimum atomic E-state index is -2.50. The highest BCUT2D eigenvalue weighted by atomic mass is 19.3. The average molecular weight is 380 g/mol. The number of pyridine rings is 1. The van der Waals surface area contributed by atoms with Crippen molar-refractivity contribution in [2.24, 2.45) is 0 Å². The van der Waals surface area contributed by atoms with Crippen LogP contribution in [-0.4, -0.2) is 28.9 Å². The third kappa shape index (κ3) is 3.71. The monoisotopic (exact) mass is 380 g/mol. The molecule has 0 spiro atoms. The zero-order valence-corrected chi connectivity index (χ0v) is 15.0. The Kier molecular flexibility index (Phi) is 5.02. The van der Waals surface area contributed by atoms with Crippen LogP contribution in [-0.2, 0) is 6.54 Å². The van der Waals surface area contributed by atoms with Gasteiger partial charge in [-0.15, -0.1) is 0 Å². The van der Waals surface area contributed by atoms with Crippen molar-refractivity contribution in [3.8, 4) is 16.9 Å². The number of benzene rings is 2. The van der Waals surface area contributed by atoms with Crippen LogP contribution in [0.2, 0.25) is 0 Å². The summed E-state index contributed by atoms with van der Waals surface area (Å²) in [7, 11) is 0. The molecule has 0 N–H and O–H groups in total. The molecule has 28 heavy (non-hydrogen) atoms. The van der Waals surface area contributed by atoms with Crippen LogP contribution in [0.1, 0.15) is 28.0 Å². The summed E-state index contributed by atoms with van der Waals surface area (Å²) in [5.41, 5.74) is 2.78. The lowest BCUT2D eigenvalue weighted by Crippen LogP contribution is -2.32. The molecule has 1 aliphatic heterocycles. The summed E-state index contributed by atoms with van der Waals surface area (Å²) in [6, 6.07) is 17.0. The number of aromatic nitrogens is 1. The highest BCUT2D eigenvalue weighted by Crippen LogP contribution is 2.30. The fourth-order valence-electron chi connectivity index (χ4n) is 3.20. The van der Waals surface area contributed by atoms with Gasteiger partial charge in [-0.05, 0) is 35.4 Å². The van der Waals surface area contributed by atoms with Crippen LogP contribution in [0.3, 0.4) is 0 Å². The highest BCUT2D eigenvalue weighted by Gasteiger charge is 2.24. The third-order valence-corrected chi connectivity index (χ3v) is 4.69. The summed E-state index contributed by atoms with van der Waals surface area (Å²) in [5, 5.41) is 0. The molecule has 0 fully saturated rings. The largest absolute Gasteiger partial charge is 0.491 e. The first kappa shape index (κ1) is 18.1. The molecule has 4 rings (SSSR count). The zero-order chi connectivity index (χ0) is 19.5. The SMILES string of the molecule is O=C1c2cc(-c3ccc(C(F)F)cc3)ccc2OCCN1Cc1ccccn1. The smallest absolute Gasteiger partial charge is 0.263 e. The zero-order valence-electron chi connectivity index (χ0n) is 15.0. The lowest BCUT2D eigenvalue weighted by molar-refractivity contribution is 0.0741. The van der Waals surface area contributed by atoms with Gasteiger partial charge >= 0.3 is 0 Å². The highest BCUT2D eigenvalue weighted by molar-refractivity contribution is 5.98. The van der Waals surface area contributed by atoms with Gasteiger partial charge in [0.15, 0.2) is 0 Å². The second-order valence-electron chi connectivity index (χ2n) is 6.53. The first-order valence-corrected chi connectivity index (χ1v) is 8.96. The number of carbonyl (C=O) groups is 1. The Morgan fingerprint density at radius 2 is 1.82 bits per heavy atom. The van der Waals surface area contributed by atoms with E-state index in [1.54, 1.807) is 35.4 Å². The van der Waals surface area contributed by atoms with Crippen molar-refractivity contribution in [1.82, 2.24) is 9.88 Å². The van der Waals surface area contributed by atoms with Crippen molar-refractivity contribution in [1.29, 1.82) is 0 Å². The van der Waals surface area contributed by atoms with Crippen LogP contribution in [0.25, 0.3) is 11.1 Å². The number of ether oxygens (including phenoxy) is 1. The van der Waals surface area contributed by atoms with Crippen molar-refractivity contribution >= 4 is 5.91 Å². The van der Waals surface area contributed by atoms with Crippen molar-refractivity contribution in [3.63, 3.8) is 0 Å². The standard InChI is InChI=1S/C22H18F2N2O2/c23-21(24)16-6-4-15(5-7-16)17-8-9-20-19(13-17)22(27)26(11-12-28-20)14-18-3-1-2-10-25-18/h1-10,13,21H,11-12,14H2. The van der Waals surface area contributed by atoms with Gasteiger partial charge in [-0.3, -0.25) is 9.78 Å². The minimum absolute atomic E-state index is 0.0283. The number of halogens is 2. The number of rotatable bonds is 4. The number of nitrogens with zero attached hydrogens (tertiary/aromatic N) is 2. The van der Waals surface area contributed by atoms with Crippen LogP contribution in [0.5, 0.6) is 5.75 Å². The maximum absolute atomic E-state index is 13.1. The van der Waals surface area contributed by atoms with Crippen LogP contribution < -0.4 is 4.74 Å². The van der Waals surface area contributed by atoms with E-state index < -0.39 is 6.43 Å². The number of carbonyl (C=O) groups excluding carboxylic acids is 1. The predicted octanol–water partition coefficient (Wildman–Crippen LogP) is 4.72. The Morgan fingerprint density at radius 3 is 2.54 bits per heavy atom. The van der Waals surface area contributed by atoms with Crippen LogP contribution in [0.4, 0.5) is 8.78 Å². The molecule has 1 aliphatic rings. The summed E-state index contributed by atoms with van der Waals surface area (Å²) in [5.74, 6) is 0.394. The molecular weight excluding hydrogens is 362 g/mol. The quantitative estimate of drug-likeness (QED) is 0.658. The van der Waals surface area contributed by atoms with Gasteiger partial charge in [0, 0.05) is 11.8 Å².